The molecule has 9 heavy (non-hydrogen) atoms. The lowest BCUT2D eigenvalue weighted by atomic mass is 10.4. The minimum Gasteiger partial charge on any atom is -0.438 e. The molecule has 52 valence electrons. The highest BCUT2D eigenvalue weighted by Crippen LogP contribution is 2.38. The molecular formula is C6H10O3. The molecule has 3 heteroatoms. The van der Waals surface area contributed by atoms with E-state index < -0.39 is 6.16 Å². The molecule has 3 nitrogen and oxygen atoms in total. The molecule has 0 heterocycles. The van der Waals surface area contributed by atoms with Crippen molar-refractivity contribution in [2.45, 2.75) is 25.4 Å². The van der Waals surface area contributed by atoms with Crippen molar-refractivity contribution in [3.63, 3.8) is 0 Å². The predicted molar refractivity (Wildman–Crippen MR) is 31.1 cm³/mol. The van der Waals surface area contributed by atoms with E-state index in [0.717, 1.165) is 12.8 Å². The van der Waals surface area contributed by atoms with Crippen LogP contribution in [0.5, 0.6) is 0 Å². The second-order valence-corrected chi connectivity index (χ2v) is 2.51. The number of methoxy groups -OCH3 is 1. The standard InChI is InChI=1S/C6H10O3/c1-6(3-4-6)9-5(7)8-2/h3-4H2,1-2H3. The molecule has 0 aromatic carbocycles. The quantitative estimate of drug-likeness (QED) is 0.502. The first-order valence-electron chi connectivity index (χ1n) is 2.93. The summed E-state index contributed by atoms with van der Waals surface area (Å²) in [6.07, 6.45) is 1.35. The van der Waals surface area contributed by atoms with Crippen LogP contribution in [0.1, 0.15) is 19.8 Å². The van der Waals surface area contributed by atoms with Crippen LogP contribution in [0, 0.1) is 0 Å². The van der Waals surface area contributed by atoms with Crippen LogP contribution in [0.4, 0.5) is 4.79 Å². The van der Waals surface area contributed by atoms with E-state index in [1.165, 1.54) is 7.11 Å². The van der Waals surface area contributed by atoms with Crippen LogP contribution in [-0.4, -0.2) is 18.9 Å². The van der Waals surface area contributed by atoms with E-state index in [1.807, 2.05) is 6.92 Å². The normalized spacial score (nSPS) is 20.7. The van der Waals surface area contributed by atoms with Crippen LogP contribution >= 0.6 is 0 Å². The average Bonchev–Trinajstić information content (AvgIpc) is 2.48. The van der Waals surface area contributed by atoms with Crippen molar-refractivity contribution in [3.05, 3.63) is 0 Å². The van der Waals surface area contributed by atoms with Gasteiger partial charge in [-0.05, 0) is 19.8 Å². The maximum Gasteiger partial charge on any atom is 0.508 e. The fourth-order valence-corrected chi connectivity index (χ4v) is 0.521. The Morgan fingerprint density at radius 2 is 2.11 bits per heavy atom. The summed E-state index contributed by atoms with van der Waals surface area (Å²) in [6.45, 7) is 1.89. The molecule has 1 rings (SSSR count). The summed E-state index contributed by atoms with van der Waals surface area (Å²) in [6, 6.07) is 0. The predicted octanol–water partition coefficient (Wildman–Crippen LogP) is 1.32. The molecular weight excluding hydrogens is 120 g/mol. The molecule has 0 N–H and O–H groups in total. The van der Waals surface area contributed by atoms with Crippen LogP contribution in [0.2, 0.25) is 0 Å². The minimum atomic E-state index is -0.574. The molecule has 0 unspecified atom stereocenters. The van der Waals surface area contributed by atoms with Gasteiger partial charge in [-0.3, -0.25) is 0 Å². The van der Waals surface area contributed by atoms with E-state index in [2.05, 4.69) is 4.74 Å². The van der Waals surface area contributed by atoms with E-state index in [9.17, 15) is 4.79 Å². The van der Waals surface area contributed by atoms with Gasteiger partial charge in [0.05, 0.1) is 7.11 Å². The Labute approximate surface area is 53.9 Å². The van der Waals surface area contributed by atoms with Gasteiger partial charge < -0.3 is 9.47 Å². The van der Waals surface area contributed by atoms with E-state index >= 15 is 0 Å². The van der Waals surface area contributed by atoms with Gasteiger partial charge in [-0.1, -0.05) is 0 Å². The molecule has 0 amide bonds. The van der Waals surface area contributed by atoms with Gasteiger partial charge in [-0.15, -0.1) is 0 Å². The van der Waals surface area contributed by atoms with Crippen LogP contribution < -0.4 is 0 Å². The molecule has 0 aromatic heterocycles. The maximum absolute atomic E-state index is 10.4. The van der Waals surface area contributed by atoms with Crippen LogP contribution in [-0.2, 0) is 9.47 Å². The van der Waals surface area contributed by atoms with Crippen LogP contribution in [0.3, 0.4) is 0 Å². The first-order chi connectivity index (χ1) is 4.16. The third-order valence-electron chi connectivity index (χ3n) is 1.45. The van der Waals surface area contributed by atoms with E-state index in [4.69, 9.17) is 4.74 Å². The molecule has 1 saturated carbocycles. The smallest absolute Gasteiger partial charge is 0.438 e. The maximum atomic E-state index is 10.4. The number of carbonyl (C=O) groups is 1. The fourth-order valence-electron chi connectivity index (χ4n) is 0.521. The second kappa shape index (κ2) is 1.90. The van der Waals surface area contributed by atoms with Gasteiger partial charge in [0.15, 0.2) is 0 Å². The topological polar surface area (TPSA) is 35.5 Å². The van der Waals surface area contributed by atoms with Crippen molar-refractivity contribution in [1.29, 1.82) is 0 Å². The summed E-state index contributed by atoms with van der Waals surface area (Å²) in [5.74, 6) is 0. The molecule has 0 aromatic rings. The molecule has 0 bridgehead atoms. The zero-order valence-corrected chi connectivity index (χ0v) is 5.64. The average molecular weight is 130 g/mol. The summed E-state index contributed by atoms with van der Waals surface area (Å²) >= 11 is 0. The minimum absolute atomic E-state index is 0.201. The van der Waals surface area contributed by atoms with Crippen molar-refractivity contribution >= 4 is 6.16 Å². The molecule has 0 aliphatic heterocycles. The second-order valence-electron chi connectivity index (χ2n) is 2.51. The lowest BCUT2D eigenvalue weighted by Crippen LogP contribution is -2.15. The molecule has 0 spiro atoms. The first kappa shape index (κ1) is 6.39. The van der Waals surface area contributed by atoms with Crippen molar-refractivity contribution < 1.29 is 14.3 Å². The third-order valence-corrected chi connectivity index (χ3v) is 1.45. The van der Waals surface area contributed by atoms with Crippen molar-refractivity contribution in [2.75, 3.05) is 7.11 Å². The molecule has 1 fully saturated rings. The van der Waals surface area contributed by atoms with Gasteiger partial charge in [0.2, 0.25) is 0 Å². The highest BCUT2D eigenvalue weighted by atomic mass is 16.7. The highest BCUT2D eigenvalue weighted by Gasteiger charge is 2.42. The third kappa shape index (κ3) is 1.59. The number of carbonyl (C=O) groups excluding carboxylic acids is 1. The Hall–Kier alpha value is -0.730. The number of rotatable bonds is 1. The summed E-state index contributed by atoms with van der Waals surface area (Å²) in [7, 11) is 1.31. The van der Waals surface area contributed by atoms with Crippen molar-refractivity contribution in [3.8, 4) is 0 Å². The SMILES string of the molecule is COC(=O)OC1(C)CC1. The van der Waals surface area contributed by atoms with Gasteiger partial charge >= 0.3 is 6.16 Å². The lowest BCUT2D eigenvalue weighted by molar-refractivity contribution is 0.0331. The van der Waals surface area contributed by atoms with Gasteiger partial charge in [-0.2, -0.15) is 0 Å². The Morgan fingerprint density at radius 3 is 2.44 bits per heavy atom. The zero-order chi connectivity index (χ0) is 6.91. The van der Waals surface area contributed by atoms with Crippen molar-refractivity contribution in [2.24, 2.45) is 0 Å². The van der Waals surface area contributed by atoms with Gasteiger partial charge in [0.25, 0.3) is 0 Å². The first-order valence-corrected chi connectivity index (χ1v) is 2.93. The van der Waals surface area contributed by atoms with E-state index in [0.29, 0.717) is 0 Å². The molecule has 0 saturated heterocycles. The highest BCUT2D eigenvalue weighted by molar-refractivity contribution is 5.60. The number of hydrogen-bond donors (Lipinski definition) is 0. The summed E-state index contributed by atoms with van der Waals surface area (Å²) in [4.78, 5) is 10.4. The van der Waals surface area contributed by atoms with Gasteiger partial charge in [0.1, 0.15) is 5.60 Å². The Morgan fingerprint density at radius 1 is 1.56 bits per heavy atom. The lowest BCUT2D eigenvalue weighted by Gasteiger charge is -2.07. The Balaban J connectivity index is 2.25. The molecule has 1 aliphatic carbocycles. The molecule has 0 radical (unpaired) electrons. The van der Waals surface area contributed by atoms with Gasteiger partial charge in [0, 0.05) is 0 Å². The fraction of sp³-hybridized carbons (Fsp3) is 0.833. The Kier molecular flexibility index (Phi) is 1.35. The number of hydrogen-bond acceptors (Lipinski definition) is 3. The summed E-state index contributed by atoms with van der Waals surface area (Å²) in [5, 5.41) is 0. The van der Waals surface area contributed by atoms with Crippen LogP contribution in [0.25, 0.3) is 0 Å². The largest absolute Gasteiger partial charge is 0.508 e. The Bertz CT molecular complexity index is 126. The van der Waals surface area contributed by atoms with Crippen LogP contribution in [0.15, 0.2) is 0 Å². The summed E-state index contributed by atoms with van der Waals surface area (Å²) in [5.41, 5.74) is -0.201. The number of ether oxygens (including phenoxy) is 2. The monoisotopic (exact) mass is 130 g/mol. The molecule has 1 aliphatic rings. The van der Waals surface area contributed by atoms with Crippen molar-refractivity contribution in [1.82, 2.24) is 0 Å². The van der Waals surface area contributed by atoms with E-state index in [1.54, 1.807) is 0 Å². The molecule has 0 atom stereocenters. The van der Waals surface area contributed by atoms with E-state index in [-0.39, 0.29) is 5.60 Å². The van der Waals surface area contributed by atoms with Gasteiger partial charge in [-0.25, -0.2) is 4.79 Å². The summed E-state index contributed by atoms with van der Waals surface area (Å²) < 4.78 is 9.14. The zero-order valence-electron chi connectivity index (χ0n) is 5.64.